The third kappa shape index (κ3) is 3.26. The van der Waals surface area contributed by atoms with Gasteiger partial charge in [-0.1, -0.05) is 13.8 Å². The van der Waals surface area contributed by atoms with Crippen molar-refractivity contribution in [3.8, 4) is 0 Å². The van der Waals surface area contributed by atoms with Gasteiger partial charge in [-0.3, -0.25) is 16.0 Å². The zero-order valence-electron chi connectivity index (χ0n) is 13.0. The summed E-state index contributed by atoms with van der Waals surface area (Å²) in [7, 11) is 0. The van der Waals surface area contributed by atoms with Crippen molar-refractivity contribution in [3.05, 3.63) is 16.4 Å². The van der Waals surface area contributed by atoms with Gasteiger partial charge in [-0.2, -0.15) is 5.10 Å². The van der Waals surface area contributed by atoms with Gasteiger partial charge in [0.25, 0.3) is 0 Å². The van der Waals surface area contributed by atoms with Gasteiger partial charge in [-0.05, 0) is 66.8 Å². The van der Waals surface area contributed by atoms with E-state index in [0.29, 0.717) is 17.4 Å². The summed E-state index contributed by atoms with van der Waals surface area (Å²) in [5.41, 5.74) is 4.71. The summed E-state index contributed by atoms with van der Waals surface area (Å²) in [6, 6.07) is 0.512. The number of nitrogens with one attached hydrogen (secondary N) is 1. The number of hydrazine groups is 1. The van der Waals surface area contributed by atoms with Crippen LogP contribution in [0.25, 0.3) is 0 Å². The average Bonchev–Trinajstić information content (AvgIpc) is 2.75. The Balaban J connectivity index is 2.23. The molecule has 1 aromatic rings. The molecular weight excluding hydrogens is 316 g/mol. The fraction of sp³-hybridized carbons (Fsp3) is 0.800. The summed E-state index contributed by atoms with van der Waals surface area (Å²) in [6.07, 6.45) is 6.86. The van der Waals surface area contributed by atoms with Gasteiger partial charge in [0.1, 0.15) is 0 Å². The molecule has 1 atom stereocenters. The predicted molar refractivity (Wildman–Crippen MR) is 86.1 cm³/mol. The first-order chi connectivity index (χ1) is 9.35. The molecule has 0 saturated heterocycles. The Labute approximate surface area is 130 Å². The summed E-state index contributed by atoms with van der Waals surface area (Å²) in [5, 5.41) is 4.48. The van der Waals surface area contributed by atoms with Crippen molar-refractivity contribution in [3.63, 3.8) is 0 Å². The topological polar surface area (TPSA) is 55.9 Å². The Morgan fingerprint density at radius 3 is 2.50 bits per heavy atom. The van der Waals surface area contributed by atoms with Crippen LogP contribution in [-0.2, 0) is 0 Å². The van der Waals surface area contributed by atoms with Crippen molar-refractivity contribution in [1.29, 1.82) is 0 Å². The first-order valence-corrected chi connectivity index (χ1v) is 8.34. The first kappa shape index (κ1) is 16.0. The normalized spacial score (nSPS) is 21.4. The highest BCUT2D eigenvalue weighted by Gasteiger charge is 2.34. The Kier molecular flexibility index (Phi) is 4.92. The molecule has 5 heteroatoms. The van der Waals surface area contributed by atoms with Crippen LogP contribution in [-0.4, -0.2) is 9.78 Å². The zero-order valence-corrected chi connectivity index (χ0v) is 14.6. The molecule has 2 rings (SSSR count). The second-order valence-corrected chi connectivity index (χ2v) is 7.92. The lowest BCUT2D eigenvalue weighted by Gasteiger charge is -2.38. The molecule has 20 heavy (non-hydrogen) atoms. The summed E-state index contributed by atoms with van der Waals surface area (Å²) < 4.78 is 3.13. The maximum atomic E-state index is 5.89. The highest BCUT2D eigenvalue weighted by Crippen LogP contribution is 2.43. The minimum atomic E-state index is 0.172. The van der Waals surface area contributed by atoms with E-state index < -0.39 is 0 Å². The zero-order chi connectivity index (χ0) is 14.9. The fourth-order valence-electron chi connectivity index (χ4n) is 3.25. The van der Waals surface area contributed by atoms with Crippen molar-refractivity contribution in [2.45, 2.75) is 65.5 Å². The van der Waals surface area contributed by atoms with Gasteiger partial charge in [-0.15, -0.1) is 0 Å². The minimum absolute atomic E-state index is 0.172. The van der Waals surface area contributed by atoms with Crippen LogP contribution < -0.4 is 11.3 Å². The second kappa shape index (κ2) is 6.16. The molecule has 4 nitrogen and oxygen atoms in total. The number of hydrogen-bond acceptors (Lipinski definition) is 3. The number of rotatable bonds is 4. The molecule has 0 aromatic carbocycles. The van der Waals surface area contributed by atoms with Crippen molar-refractivity contribution in [2.75, 3.05) is 0 Å². The minimum Gasteiger partial charge on any atom is -0.271 e. The Morgan fingerprint density at radius 1 is 1.40 bits per heavy atom. The van der Waals surface area contributed by atoms with E-state index in [1.807, 2.05) is 6.20 Å². The van der Waals surface area contributed by atoms with E-state index in [1.165, 1.54) is 31.4 Å². The summed E-state index contributed by atoms with van der Waals surface area (Å²) >= 11 is 3.64. The fourth-order valence-corrected chi connectivity index (χ4v) is 3.77. The Morgan fingerprint density at radius 2 is 2.00 bits per heavy atom. The number of nitrogens with two attached hydrogens (primary N) is 1. The number of nitrogens with zero attached hydrogens (tertiary/aromatic N) is 2. The van der Waals surface area contributed by atoms with Gasteiger partial charge in [0.15, 0.2) is 0 Å². The molecule has 0 spiro atoms. The highest BCUT2D eigenvalue weighted by atomic mass is 79.9. The lowest BCUT2D eigenvalue weighted by molar-refractivity contribution is 0.157. The molecule has 1 saturated carbocycles. The molecule has 1 fully saturated rings. The van der Waals surface area contributed by atoms with Gasteiger partial charge in [-0.25, -0.2) is 0 Å². The average molecular weight is 343 g/mol. The Hall–Kier alpha value is -0.390. The third-order valence-electron chi connectivity index (χ3n) is 4.61. The van der Waals surface area contributed by atoms with Gasteiger partial charge in [0, 0.05) is 6.04 Å². The van der Waals surface area contributed by atoms with E-state index in [9.17, 15) is 0 Å². The standard InChI is InChI=1S/C15H27BrN4/c1-10(2)20-14(12(16)9-18-20)13(19-17)11-5-7-15(3,4)8-6-11/h9-11,13,19H,5-8,17H2,1-4H3. The maximum Gasteiger partial charge on any atom is 0.0715 e. The van der Waals surface area contributed by atoms with Crippen molar-refractivity contribution < 1.29 is 0 Å². The van der Waals surface area contributed by atoms with E-state index >= 15 is 0 Å². The van der Waals surface area contributed by atoms with E-state index in [0.717, 1.165) is 4.47 Å². The predicted octanol–water partition coefficient (Wildman–Crippen LogP) is 3.95. The summed E-state index contributed by atoms with van der Waals surface area (Å²) in [6.45, 7) is 9.03. The van der Waals surface area contributed by atoms with Crippen LogP contribution in [0.5, 0.6) is 0 Å². The molecule has 114 valence electrons. The molecule has 1 heterocycles. The first-order valence-electron chi connectivity index (χ1n) is 7.55. The third-order valence-corrected chi connectivity index (χ3v) is 5.22. The van der Waals surface area contributed by atoms with Gasteiger partial charge < -0.3 is 0 Å². The Bertz CT molecular complexity index is 443. The van der Waals surface area contributed by atoms with Crippen molar-refractivity contribution in [2.24, 2.45) is 17.2 Å². The summed E-state index contributed by atoms with van der Waals surface area (Å²) in [5.74, 6) is 6.47. The molecule has 1 aromatic heterocycles. The molecule has 1 unspecified atom stereocenters. The number of halogens is 1. The van der Waals surface area contributed by atoms with E-state index in [-0.39, 0.29) is 6.04 Å². The van der Waals surface area contributed by atoms with E-state index in [2.05, 4.69) is 58.8 Å². The van der Waals surface area contributed by atoms with Crippen LogP contribution in [0.1, 0.15) is 71.2 Å². The van der Waals surface area contributed by atoms with Gasteiger partial charge in [0.05, 0.1) is 22.4 Å². The van der Waals surface area contributed by atoms with E-state index in [1.54, 1.807) is 0 Å². The van der Waals surface area contributed by atoms with E-state index in [4.69, 9.17) is 5.84 Å². The van der Waals surface area contributed by atoms with Crippen LogP contribution in [0.15, 0.2) is 10.7 Å². The molecule has 0 aliphatic heterocycles. The quantitative estimate of drug-likeness (QED) is 0.643. The van der Waals surface area contributed by atoms with Crippen LogP contribution >= 0.6 is 15.9 Å². The summed E-state index contributed by atoms with van der Waals surface area (Å²) in [4.78, 5) is 0. The van der Waals surface area contributed by atoms with Crippen LogP contribution in [0.3, 0.4) is 0 Å². The highest BCUT2D eigenvalue weighted by molar-refractivity contribution is 9.10. The number of aromatic nitrogens is 2. The lowest BCUT2D eigenvalue weighted by atomic mass is 9.71. The van der Waals surface area contributed by atoms with Gasteiger partial charge in [0.2, 0.25) is 0 Å². The largest absolute Gasteiger partial charge is 0.271 e. The van der Waals surface area contributed by atoms with Crippen LogP contribution in [0.4, 0.5) is 0 Å². The van der Waals surface area contributed by atoms with Crippen LogP contribution in [0.2, 0.25) is 0 Å². The molecule has 3 N–H and O–H groups in total. The molecule has 0 radical (unpaired) electrons. The van der Waals surface area contributed by atoms with Crippen molar-refractivity contribution >= 4 is 15.9 Å². The van der Waals surface area contributed by atoms with Crippen LogP contribution in [0, 0.1) is 11.3 Å². The molecule has 0 amide bonds. The van der Waals surface area contributed by atoms with Crippen molar-refractivity contribution in [1.82, 2.24) is 15.2 Å². The van der Waals surface area contributed by atoms with Gasteiger partial charge >= 0.3 is 0 Å². The smallest absolute Gasteiger partial charge is 0.0715 e. The molecular formula is C15H27BrN4. The SMILES string of the molecule is CC(C)n1ncc(Br)c1C(NN)C1CCC(C)(C)CC1. The number of hydrogen-bond donors (Lipinski definition) is 2. The molecule has 0 bridgehead atoms. The monoisotopic (exact) mass is 342 g/mol. The molecule has 1 aliphatic rings. The maximum absolute atomic E-state index is 5.89. The lowest BCUT2D eigenvalue weighted by Crippen LogP contribution is -2.38. The second-order valence-electron chi connectivity index (χ2n) is 7.06. The molecule has 1 aliphatic carbocycles.